The third kappa shape index (κ3) is 4.59. The Labute approximate surface area is 161 Å². The van der Waals surface area contributed by atoms with E-state index in [1.807, 2.05) is 19.3 Å². The zero-order valence-corrected chi connectivity index (χ0v) is 16.9. The first-order chi connectivity index (χ1) is 11.3. The number of rotatable bonds is 3. The Bertz CT molecular complexity index is 681. The second-order valence-corrected chi connectivity index (χ2v) is 6.41. The normalized spacial score (nSPS) is 18.3. The number of likely N-dealkylation sites (tertiary alicyclic amines) is 1. The molecule has 0 aliphatic carbocycles. The Kier molecular flexibility index (Phi) is 7.27. The molecule has 1 aliphatic rings. The van der Waals surface area contributed by atoms with Crippen molar-refractivity contribution in [2.75, 3.05) is 26.7 Å². The molecule has 5 heteroatoms. The Morgan fingerprint density at radius 2 is 2.17 bits per heavy atom. The first kappa shape index (κ1) is 19.0. The molecule has 3 rings (SSSR count). The van der Waals surface area contributed by atoms with Crippen LogP contribution in [0.4, 0.5) is 0 Å². The van der Waals surface area contributed by atoms with E-state index in [9.17, 15) is 0 Å². The fraction of sp³-hybridized carbons (Fsp3) is 0.474. The van der Waals surface area contributed by atoms with Crippen molar-refractivity contribution in [3.8, 4) is 0 Å². The molecule has 1 atom stereocenters. The number of aliphatic imine (C=N–C) groups is 1. The summed E-state index contributed by atoms with van der Waals surface area (Å²) in [6, 6.07) is 10.5. The summed E-state index contributed by atoms with van der Waals surface area (Å²) in [5, 5.41) is 4.73. The van der Waals surface area contributed by atoms with E-state index >= 15 is 0 Å². The van der Waals surface area contributed by atoms with Crippen LogP contribution < -0.4 is 5.32 Å². The van der Waals surface area contributed by atoms with Crippen LogP contribution in [0.1, 0.15) is 25.3 Å². The zero-order chi connectivity index (χ0) is 16.1. The number of benzene rings is 1. The summed E-state index contributed by atoms with van der Waals surface area (Å²) in [5.41, 5.74) is 2.40. The van der Waals surface area contributed by atoms with Crippen molar-refractivity contribution in [2.45, 2.75) is 26.2 Å². The number of halogens is 1. The number of nitrogens with one attached hydrogen (secondary N) is 1. The highest BCUT2D eigenvalue weighted by Gasteiger charge is 2.18. The van der Waals surface area contributed by atoms with E-state index in [1.54, 1.807) is 0 Å². The fourth-order valence-electron chi connectivity index (χ4n) is 3.39. The SMILES string of the molecule is CN=C(NCCc1cccc2cccnc12)N1CCCC(C)C1.I. The quantitative estimate of drug-likeness (QED) is 0.452. The van der Waals surface area contributed by atoms with Crippen molar-refractivity contribution in [2.24, 2.45) is 10.9 Å². The number of nitrogens with zero attached hydrogens (tertiary/aromatic N) is 3. The number of fused-ring (bicyclic) bond motifs is 1. The lowest BCUT2D eigenvalue weighted by Crippen LogP contribution is -2.46. The third-order valence-electron chi connectivity index (χ3n) is 4.56. The molecule has 0 bridgehead atoms. The van der Waals surface area contributed by atoms with E-state index in [0.29, 0.717) is 0 Å². The van der Waals surface area contributed by atoms with E-state index in [4.69, 9.17) is 0 Å². The molecule has 1 unspecified atom stereocenters. The number of pyridine rings is 1. The molecule has 1 aromatic carbocycles. The monoisotopic (exact) mass is 438 g/mol. The Morgan fingerprint density at radius 3 is 2.96 bits per heavy atom. The summed E-state index contributed by atoms with van der Waals surface area (Å²) in [5.74, 6) is 1.79. The molecule has 0 radical (unpaired) electrons. The number of hydrogen-bond acceptors (Lipinski definition) is 2. The van der Waals surface area contributed by atoms with Gasteiger partial charge in [0.1, 0.15) is 0 Å². The summed E-state index contributed by atoms with van der Waals surface area (Å²) in [6.45, 7) is 5.42. The van der Waals surface area contributed by atoms with Crippen LogP contribution in [0.2, 0.25) is 0 Å². The molecule has 0 saturated carbocycles. The summed E-state index contributed by atoms with van der Waals surface area (Å²) in [6.07, 6.45) is 5.41. The molecule has 1 saturated heterocycles. The molecule has 0 spiro atoms. The van der Waals surface area contributed by atoms with Crippen molar-refractivity contribution < 1.29 is 0 Å². The number of piperidine rings is 1. The minimum atomic E-state index is 0. The zero-order valence-electron chi connectivity index (χ0n) is 14.5. The van der Waals surface area contributed by atoms with Crippen LogP contribution in [0.5, 0.6) is 0 Å². The van der Waals surface area contributed by atoms with Gasteiger partial charge in [0.25, 0.3) is 0 Å². The highest BCUT2D eigenvalue weighted by molar-refractivity contribution is 14.0. The molecule has 1 aliphatic heterocycles. The van der Waals surface area contributed by atoms with Crippen LogP contribution in [0, 0.1) is 5.92 Å². The molecule has 2 heterocycles. The van der Waals surface area contributed by atoms with Crippen LogP contribution in [0.25, 0.3) is 10.9 Å². The molecule has 24 heavy (non-hydrogen) atoms. The highest BCUT2D eigenvalue weighted by atomic mass is 127. The lowest BCUT2D eigenvalue weighted by atomic mass is 10.0. The molecule has 2 aromatic rings. The molecular weight excluding hydrogens is 411 g/mol. The predicted octanol–water partition coefficient (Wildman–Crippen LogP) is 3.70. The van der Waals surface area contributed by atoms with Gasteiger partial charge in [-0.25, -0.2) is 0 Å². The van der Waals surface area contributed by atoms with Gasteiger partial charge in [-0.15, -0.1) is 24.0 Å². The maximum Gasteiger partial charge on any atom is 0.193 e. The average Bonchev–Trinajstić information content (AvgIpc) is 2.59. The number of guanidine groups is 1. The second-order valence-electron chi connectivity index (χ2n) is 6.41. The van der Waals surface area contributed by atoms with Crippen LogP contribution in [-0.4, -0.2) is 42.5 Å². The molecule has 1 aromatic heterocycles. The maximum absolute atomic E-state index is 4.53. The van der Waals surface area contributed by atoms with Crippen LogP contribution >= 0.6 is 24.0 Å². The standard InChI is InChI=1S/C19H26N4.HI/c1-15-6-5-13-23(14-15)19(20-2)22-12-10-17-8-3-7-16-9-4-11-21-18(16)17;/h3-4,7-9,11,15H,5-6,10,12-14H2,1-2H3,(H,20,22);1H. The fourth-order valence-corrected chi connectivity index (χ4v) is 3.39. The molecule has 130 valence electrons. The van der Waals surface area contributed by atoms with E-state index in [-0.39, 0.29) is 24.0 Å². The van der Waals surface area contributed by atoms with Crippen LogP contribution in [0.3, 0.4) is 0 Å². The van der Waals surface area contributed by atoms with E-state index in [0.717, 1.165) is 43.4 Å². The van der Waals surface area contributed by atoms with Gasteiger partial charge in [-0.3, -0.25) is 9.98 Å². The van der Waals surface area contributed by atoms with E-state index < -0.39 is 0 Å². The summed E-state index contributed by atoms with van der Waals surface area (Å²) in [7, 11) is 1.88. The topological polar surface area (TPSA) is 40.5 Å². The molecule has 1 fully saturated rings. The van der Waals surface area contributed by atoms with Gasteiger partial charge in [0.15, 0.2) is 5.96 Å². The third-order valence-corrected chi connectivity index (χ3v) is 4.56. The van der Waals surface area contributed by atoms with Gasteiger partial charge in [-0.2, -0.15) is 0 Å². The molecule has 1 N–H and O–H groups in total. The smallest absolute Gasteiger partial charge is 0.193 e. The van der Waals surface area contributed by atoms with Gasteiger partial charge in [0.05, 0.1) is 5.52 Å². The van der Waals surface area contributed by atoms with Gasteiger partial charge >= 0.3 is 0 Å². The van der Waals surface area contributed by atoms with E-state index in [2.05, 4.69) is 51.4 Å². The number of aromatic nitrogens is 1. The Morgan fingerprint density at radius 1 is 1.33 bits per heavy atom. The Hall–Kier alpha value is -1.37. The highest BCUT2D eigenvalue weighted by Crippen LogP contribution is 2.17. The molecular formula is C19H27IN4. The van der Waals surface area contributed by atoms with Crippen molar-refractivity contribution in [1.82, 2.24) is 15.2 Å². The van der Waals surface area contributed by atoms with Gasteiger partial charge in [0, 0.05) is 38.3 Å². The maximum atomic E-state index is 4.53. The van der Waals surface area contributed by atoms with Crippen LogP contribution in [-0.2, 0) is 6.42 Å². The lowest BCUT2D eigenvalue weighted by Gasteiger charge is -2.33. The van der Waals surface area contributed by atoms with Gasteiger partial charge in [-0.1, -0.05) is 31.2 Å². The minimum Gasteiger partial charge on any atom is -0.356 e. The number of hydrogen-bond donors (Lipinski definition) is 1. The van der Waals surface area contributed by atoms with Gasteiger partial charge in [0.2, 0.25) is 0 Å². The molecule has 4 nitrogen and oxygen atoms in total. The summed E-state index contributed by atoms with van der Waals surface area (Å²) < 4.78 is 0. The number of para-hydroxylation sites is 1. The minimum absolute atomic E-state index is 0. The average molecular weight is 438 g/mol. The van der Waals surface area contributed by atoms with E-state index in [1.165, 1.54) is 23.8 Å². The second kappa shape index (κ2) is 9.20. The largest absolute Gasteiger partial charge is 0.356 e. The molecule has 0 amide bonds. The van der Waals surface area contributed by atoms with Gasteiger partial charge in [-0.05, 0) is 36.8 Å². The van der Waals surface area contributed by atoms with Crippen LogP contribution in [0.15, 0.2) is 41.5 Å². The van der Waals surface area contributed by atoms with Crippen molar-refractivity contribution in [1.29, 1.82) is 0 Å². The van der Waals surface area contributed by atoms with Gasteiger partial charge < -0.3 is 10.2 Å². The summed E-state index contributed by atoms with van der Waals surface area (Å²) >= 11 is 0. The Balaban J connectivity index is 0.00000208. The predicted molar refractivity (Wildman–Crippen MR) is 112 cm³/mol. The lowest BCUT2D eigenvalue weighted by molar-refractivity contribution is 0.266. The summed E-state index contributed by atoms with van der Waals surface area (Å²) in [4.78, 5) is 11.4. The van der Waals surface area contributed by atoms with Crippen molar-refractivity contribution in [3.05, 3.63) is 42.1 Å². The first-order valence-corrected chi connectivity index (χ1v) is 8.56. The first-order valence-electron chi connectivity index (χ1n) is 8.56. The van der Waals surface area contributed by atoms with Crippen molar-refractivity contribution in [3.63, 3.8) is 0 Å². The van der Waals surface area contributed by atoms with Crippen molar-refractivity contribution >= 4 is 40.8 Å².